The zero-order valence-electron chi connectivity index (χ0n) is 24.6. The lowest BCUT2D eigenvalue weighted by atomic mass is 9.97. The van der Waals surface area contributed by atoms with Gasteiger partial charge in [0.15, 0.2) is 0 Å². The number of anilines is 5. The topological polar surface area (TPSA) is 120 Å². The lowest BCUT2D eigenvalue weighted by molar-refractivity contribution is -0.131. The summed E-state index contributed by atoms with van der Waals surface area (Å²) in [6.07, 6.45) is 7.08. The van der Waals surface area contributed by atoms with Crippen molar-refractivity contribution in [2.75, 3.05) is 34.9 Å². The summed E-state index contributed by atoms with van der Waals surface area (Å²) in [4.78, 5) is 52.5. The van der Waals surface area contributed by atoms with Gasteiger partial charge in [-0.2, -0.15) is 4.98 Å². The maximum atomic E-state index is 13.2. The van der Waals surface area contributed by atoms with Gasteiger partial charge in [0, 0.05) is 54.9 Å². The molecule has 2 unspecified atom stereocenters. The molecule has 0 radical (unpaired) electrons. The molecule has 3 aromatic rings. The van der Waals surface area contributed by atoms with Crippen molar-refractivity contribution in [3.63, 3.8) is 0 Å². The molecule has 10 nitrogen and oxygen atoms in total. The van der Waals surface area contributed by atoms with Crippen LogP contribution in [0.25, 0.3) is 0 Å². The second-order valence-corrected chi connectivity index (χ2v) is 12.0. The Morgan fingerprint density at radius 1 is 0.907 bits per heavy atom. The highest BCUT2D eigenvalue weighted by molar-refractivity contribution is 6.16. The molecule has 2 fully saturated rings. The molecule has 0 saturated heterocycles. The van der Waals surface area contributed by atoms with Crippen LogP contribution in [0.3, 0.4) is 0 Å². The predicted molar refractivity (Wildman–Crippen MR) is 163 cm³/mol. The van der Waals surface area contributed by atoms with Crippen molar-refractivity contribution >= 4 is 46.5 Å². The molecule has 0 spiro atoms. The number of hydrogen-bond donors (Lipinski definition) is 3. The van der Waals surface area contributed by atoms with E-state index in [1.807, 2.05) is 6.20 Å². The summed E-state index contributed by atoms with van der Waals surface area (Å²) in [7, 11) is 3.59. The molecule has 6 rings (SSSR count). The number of carbonyl (C=O) groups excluding carboxylic acids is 3. The first-order valence-corrected chi connectivity index (χ1v) is 14.8. The quantitative estimate of drug-likeness (QED) is 0.317. The van der Waals surface area contributed by atoms with E-state index >= 15 is 0 Å². The number of nitrogens with one attached hydrogen (secondary N) is 3. The van der Waals surface area contributed by atoms with Crippen LogP contribution in [0.15, 0.2) is 54.7 Å². The third-order valence-corrected chi connectivity index (χ3v) is 8.84. The van der Waals surface area contributed by atoms with Gasteiger partial charge in [-0.15, -0.1) is 0 Å². The minimum atomic E-state index is -1.14. The van der Waals surface area contributed by atoms with E-state index in [-0.39, 0.29) is 29.8 Å². The van der Waals surface area contributed by atoms with Gasteiger partial charge >= 0.3 is 0 Å². The van der Waals surface area contributed by atoms with Crippen molar-refractivity contribution < 1.29 is 18.8 Å². The smallest absolute Gasteiger partial charge is 0.245 e. The molecule has 3 N–H and O–H groups in total. The molecule has 2 atom stereocenters. The highest BCUT2D eigenvalue weighted by Crippen LogP contribution is 2.48. The van der Waals surface area contributed by atoms with Crippen LogP contribution in [0.2, 0.25) is 0 Å². The summed E-state index contributed by atoms with van der Waals surface area (Å²) >= 11 is 0. The van der Waals surface area contributed by atoms with Gasteiger partial charge in [-0.05, 0) is 74.2 Å². The van der Waals surface area contributed by atoms with Crippen LogP contribution in [-0.2, 0) is 14.4 Å². The second-order valence-electron chi connectivity index (χ2n) is 12.0. The number of hydrogen-bond acceptors (Lipinski definition) is 7. The number of halogens is 1. The fourth-order valence-corrected chi connectivity index (χ4v) is 6.18. The van der Waals surface area contributed by atoms with Crippen molar-refractivity contribution in [3.8, 4) is 0 Å². The van der Waals surface area contributed by atoms with Crippen LogP contribution in [0.1, 0.15) is 56.9 Å². The number of carbonyl (C=O) groups is 3. The average molecular weight is 586 g/mol. The summed E-state index contributed by atoms with van der Waals surface area (Å²) < 4.78 is 13.2. The molecular weight excluding hydrogens is 549 g/mol. The maximum absolute atomic E-state index is 13.2. The summed E-state index contributed by atoms with van der Waals surface area (Å²) in [6.45, 7) is 2.07. The molecule has 2 aliphatic carbocycles. The molecule has 2 heterocycles. The average Bonchev–Trinajstić information content (AvgIpc) is 3.55. The van der Waals surface area contributed by atoms with E-state index in [0.29, 0.717) is 30.2 Å². The minimum absolute atomic E-state index is 0.0185. The normalized spacial score (nSPS) is 20.3. The largest absolute Gasteiger partial charge is 0.347 e. The van der Waals surface area contributed by atoms with Gasteiger partial charge in [-0.25, -0.2) is 9.37 Å². The number of fused-ring (bicyclic) bond motifs is 1. The highest BCUT2D eigenvalue weighted by atomic mass is 19.1. The predicted octanol–water partition coefficient (Wildman–Crippen LogP) is 5.04. The van der Waals surface area contributed by atoms with Crippen molar-refractivity contribution in [3.05, 3.63) is 66.1 Å². The highest BCUT2D eigenvalue weighted by Gasteiger charge is 2.56. The zero-order chi connectivity index (χ0) is 30.3. The monoisotopic (exact) mass is 585 g/mol. The van der Waals surface area contributed by atoms with Crippen LogP contribution >= 0.6 is 0 Å². The Hall–Kier alpha value is -4.54. The Kier molecular flexibility index (Phi) is 7.49. The van der Waals surface area contributed by atoms with E-state index in [4.69, 9.17) is 4.98 Å². The Labute approximate surface area is 250 Å². The van der Waals surface area contributed by atoms with Crippen LogP contribution in [0, 0.1) is 11.2 Å². The van der Waals surface area contributed by atoms with Gasteiger partial charge in [0.2, 0.25) is 23.7 Å². The SMILES string of the molecule is CC1c2cnc(Nc3ccc(NC(=O)C4(C(=O)Nc5ccc(F)cc5)CC4)cc3)nc2N(C2CCCC2)C1C(=O)N(C)C. The van der Waals surface area contributed by atoms with Gasteiger partial charge in [0.25, 0.3) is 0 Å². The first-order valence-electron chi connectivity index (χ1n) is 14.8. The van der Waals surface area contributed by atoms with Gasteiger partial charge in [-0.1, -0.05) is 19.8 Å². The Bertz CT molecular complexity index is 1530. The van der Waals surface area contributed by atoms with Crippen LogP contribution in [0.5, 0.6) is 0 Å². The molecule has 2 saturated carbocycles. The Morgan fingerprint density at radius 3 is 2.02 bits per heavy atom. The number of aromatic nitrogens is 2. The third kappa shape index (κ3) is 5.51. The summed E-state index contributed by atoms with van der Waals surface area (Å²) in [5.74, 6) is 0.119. The summed E-state index contributed by atoms with van der Waals surface area (Å²) in [6, 6.07) is 12.5. The van der Waals surface area contributed by atoms with Crippen molar-refractivity contribution in [1.29, 1.82) is 0 Å². The number of amides is 3. The van der Waals surface area contributed by atoms with Crippen LogP contribution in [-0.4, -0.2) is 58.8 Å². The van der Waals surface area contributed by atoms with E-state index in [2.05, 4.69) is 32.8 Å². The fraction of sp³-hybridized carbons (Fsp3) is 0.406. The van der Waals surface area contributed by atoms with Gasteiger partial charge < -0.3 is 25.8 Å². The third-order valence-electron chi connectivity index (χ3n) is 8.84. The van der Waals surface area contributed by atoms with E-state index in [1.54, 1.807) is 43.3 Å². The van der Waals surface area contributed by atoms with Crippen LogP contribution < -0.4 is 20.9 Å². The van der Waals surface area contributed by atoms with Gasteiger partial charge in [0.05, 0.1) is 0 Å². The molecule has 1 aromatic heterocycles. The van der Waals surface area contributed by atoms with E-state index < -0.39 is 17.1 Å². The lowest BCUT2D eigenvalue weighted by Gasteiger charge is -2.34. The number of benzene rings is 2. The van der Waals surface area contributed by atoms with Gasteiger partial charge in [0.1, 0.15) is 23.1 Å². The van der Waals surface area contributed by atoms with Crippen LogP contribution in [0.4, 0.5) is 33.2 Å². The number of likely N-dealkylation sites (N-methyl/N-ethyl adjacent to an activating group) is 1. The van der Waals surface area contributed by atoms with Crippen molar-refractivity contribution in [2.24, 2.45) is 5.41 Å². The van der Waals surface area contributed by atoms with E-state index in [9.17, 15) is 18.8 Å². The Morgan fingerprint density at radius 2 is 1.47 bits per heavy atom. The lowest BCUT2D eigenvalue weighted by Crippen LogP contribution is -2.49. The zero-order valence-corrected chi connectivity index (χ0v) is 24.6. The van der Waals surface area contributed by atoms with Crippen molar-refractivity contribution in [1.82, 2.24) is 14.9 Å². The maximum Gasteiger partial charge on any atom is 0.245 e. The molecule has 0 bridgehead atoms. The molecule has 3 amide bonds. The fourth-order valence-electron chi connectivity index (χ4n) is 6.18. The molecule has 3 aliphatic rings. The second kappa shape index (κ2) is 11.3. The number of rotatable bonds is 8. The standard InChI is InChI=1S/C32H36FN7O3/c1-19-25-18-34-31(38-27(25)40(24-6-4-5-7-24)26(19)28(41)39(2)3)37-23-14-12-22(13-15-23)36-30(43)32(16-17-32)29(42)35-21-10-8-20(33)9-11-21/h8-15,18-19,24,26H,4-7,16-17H2,1-3H3,(H,35,42)(H,36,43)(H,34,37,38). The molecule has 1 aliphatic heterocycles. The summed E-state index contributed by atoms with van der Waals surface area (Å²) in [5.41, 5.74) is 1.56. The van der Waals surface area contributed by atoms with E-state index in [0.717, 1.165) is 42.8 Å². The summed E-state index contributed by atoms with van der Waals surface area (Å²) in [5, 5.41) is 8.82. The molecule has 43 heavy (non-hydrogen) atoms. The Balaban J connectivity index is 1.13. The molecule has 2 aromatic carbocycles. The molecule has 11 heteroatoms. The van der Waals surface area contributed by atoms with E-state index in [1.165, 1.54) is 24.3 Å². The first-order chi connectivity index (χ1) is 20.7. The first kappa shape index (κ1) is 28.6. The minimum Gasteiger partial charge on any atom is -0.347 e. The molecule has 224 valence electrons. The number of nitrogens with zero attached hydrogens (tertiary/aromatic N) is 4. The molecular formula is C32H36FN7O3. The van der Waals surface area contributed by atoms with Crippen molar-refractivity contribution in [2.45, 2.75) is 63.5 Å². The van der Waals surface area contributed by atoms with Gasteiger partial charge in [-0.3, -0.25) is 14.4 Å².